The Morgan fingerprint density at radius 1 is 1.33 bits per heavy atom. The molecule has 5 heteroatoms. The van der Waals surface area contributed by atoms with Crippen LogP contribution in [0.25, 0.3) is 0 Å². The van der Waals surface area contributed by atoms with E-state index in [0.717, 1.165) is 25.5 Å². The van der Waals surface area contributed by atoms with Gasteiger partial charge in [0.2, 0.25) is 0 Å². The average Bonchev–Trinajstić information content (AvgIpc) is 2.05. The SMILES string of the molecule is CC1CCCCC1C(C(=O)O)S(C)(=O)=O. The lowest BCUT2D eigenvalue weighted by Gasteiger charge is -2.32. The topological polar surface area (TPSA) is 71.4 Å². The third-order valence-corrected chi connectivity index (χ3v) is 4.75. The second-order valence-corrected chi connectivity index (χ2v) is 6.68. The summed E-state index contributed by atoms with van der Waals surface area (Å²) >= 11 is 0. The van der Waals surface area contributed by atoms with Gasteiger partial charge in [-0.3, -0.25) is 4.79 Å². The molecule has 88 valence electrons. The highest BCUT2D eigenvalue weighted by atomic mass is 32.2. The van der Waals surface area contributed by atoms with Crippen molar-refractivity contribution < 1.29 is 18.3 Å². The average molecular weight is 234 g/mol. The number of rotatable bonds is 3. The van der Waals surface area contributed by atoms with Gasteiger partial charge in [0.1, 0.15) is 0 Å². The molecule has 1 rings (SSSR count). The van der Waals surface area contributed by atoms with E-state index in [4.69, 9.17) is 5.11 Å². The summed E-state index contributed by atoms with van der Waals surface area (Å²) in [5.74, 6) is -1.22. The van der Waals surface area contributed by atoms with Crippen molar-refractivity contribution >= 4 is 15.8 Å². The fourth-order valence-corrected chi connectivity index (χ4v) is 3.88. The van der Waals surface area contributed by atoms with Crippen LogP contribution in [-0.2, 0) is 14.6 Å². The predicted octanol–water partition coefficient (Wildman–Crippen LogP) is 1.31. The normalized spacial score (nSPS) is 29.7. The van der Waals surface area contributed by atoms with Crippen molar-refractivity contribution in [3.8, 4) is 0 Å². The molecule has 0 radical (unpaired) electrons. The zero-order valence-corrected chi connectivity index (χ0v) is 9.96. The number of carboxylic acids is 1. The van der Waals surface area contributed by atoms with Crippen LogP contribution < -0.4 is 0 Å². The number of carbonyl (C=O) groups is 1. The van der Waals surface area contributed by atoms with Gasteiger partial charge >= 0.3 is 5.97 Å². The highest BCUT2D eigenvalue weighted by Crippen LogP contribution is 2.34. The molecule has 3 atom stereocenters. The molecular weight excluding hydrogens is 216 g/mol. The van der Waals surface area contributed by atoms with Crippen molar-refractivity contribution in [2.45, 2.75) is 37.9 Å². The predicted molar refractivity (Wildman–Crippen MR) is 57.4 cm³/mol. The summed E-state index contributed by atoms with van der Waals surface area (Å²) in [6.45, 7) is 1.95. The van der Waals surface area contributed by atoms with Crippen LogP contribution in [0.2, 0.25) is 0 Å². The van der Waals surface area contributed by atoms with Gasteiger partial charge in [-0.25, -0.2) is 8.42 Å². The molecule has 1 aliphatic carbocycles. The molecule has 3 unspecified atom stereocenters. The monoisotopic (exact) mass is 234 g/mol. The molecule has 0 spiro atoms. The first-order valence-corrected chi connectivity index (χ1v) is 7.21. The molecule has 0 heterocycles. The largest absolute Gasteiger partial charge is 0.480 e. The third-order valence-electron chi connectivity index (χ3n) is 3.27. The first-order valence-electron chi connectivity index (χ1n) is 5.25. The second-order valence-electron chi connectivity index (χ2n) is 4.51. The van der Waals surface area contributed by atoms with Crippen LogP contribution in [0, 0.1) is 11.8 Å². The van der Waals surface area contributed by atoms with Gasteiger partial charge in [0, 0.05) is 6.26 Å². The summed E-state index contributed by atoms with van der Waals surface area (Å²) in [6, 6.07) is 0. The smallest absolute Gasteiger partial charge is 0.322 e. The summed E-state index contributed by atoms with van der Waals surface area (Å²) in [4.78, 5) is 11.0. The number of hydrogen-bond acceptors (Lipinski definition) is 3. The summed E-state index contributed by atoms with van der Waals surface area (Å²) in [7, 11) is -3.50. The van der Waals surface area contributed by atoms with Crippen LogP contribution in [0.1, 0.15) is 32.6 Å². The van der Waals surface area contributed by atoms with Crippen LogP contribution in [0.15, 0.2) is 0 Å². The lowest BCUT2D eigenvalue weighted by atomic mass is 9.78. The molecule has 1 aliphatic rings. The van der Waals surface area contributed by atoms with E-state index in [2.05, 4.69) is 0 Å². The molecule has 0 aromatic rings. The Hall–Kier alpha value is -0.580. The van der Waals surface area contributed by atoms with Crippen LogP contribution >= 0.6 is 0 Å². The zero-order valence-electron chi connectivity index (χ0n) is 9.14. The van der Waals surface area contributed by atoms with E-state index < -0.39 is 21.1 Å². The standard InChI is InChI=1S/C10H18O4S/c1-7-5-3-4-6-8(7)9(10(11)12)15(2,13)14/h7-9H,3-6H2,1-2H3,(H,11,12). The molecule has 1 N–H and O–H groups in total. The van der Waals surface area contributed by atoms with E-state index in [-0.39, 0.29) is 11.8 Å². The van der Waals surface area contributed by atoms with E-state index in [9.17, 15) is 13.2 Å². The van der Waals surface area contributed by atoms with E-state index >= 15 is 0 Å². The van der Waals surface area contributed by atoms with Gasteiger partial charge in [0.25, 0.3) is 0 Å². The molecule has 0 bridgehead atoms. The highest BCUT2D eigenvalue weighted by molar-refractivity contribution is 7.92. The fourth-order valence-electron chi connectivity index (χ4n) is 2.48. The minimum atomic E-state index is -3.50. The van der Waals surface area contributed by atoms with E-state index in [0.29, 0.717) is 6.42 Å². The third kappa shape index (κ3) is 2.93. The minimum absolute atomic E-state index is 0.189. The Morgan fingerprint density at radius 3 is 2.27 bits per heavy atom. The Bertz CT molecular complexity index is 333. The van der Waals surface area contributed by atoms with Crippen molar-refractivity contribution in [3.05, 3.63) is 0 Å². The van der Waals surface area contributed by atoms with Gasteiger partial charge in [0.05, 0.1) is 0 Å². The van der Waals surface area contributed by atoms with Crippen molar-refractivity contribution in [1.82, 2.24) is 0 Å². The van der Waals surface area contributed by atoms with Crippen LogP contribution in [0.5, 0.6) is 0 Å². The molecule has 0 aromatic heterocycles. The Morgan fingerprint density at radius 2 is 1.87 bits per heavy atom. The molecule has 4 nitrogen and oxygen atoms in total. The molecular formula is C10H18O4S. The molecule has 0 aromatic carbocycles. The van der Waals surface area contributed by atoms with E-state index in [1.165, 1.54) is 0 Å². The van der Waals surface area contributed by atoms with Crippen LogP contribution in [0.3, 0.4) is 0 Å². The zero-order chi connectivity index (χ0) is 11.6. The Balaban J connectivity index is 2.94. The first-order chi connectivity index (χ1) is 6.84. The fraction of sp³-hybridized carbons (Fsp3) is 0.900. The number of sulfone groups is 1. The van der Waals surface area contributed by atoms with Crippen molar-refractivity contribution in [1.29, 1.82) is 0 Å². The molecule has 0 aliphatic heterocycles. The maximum Gasteiger partial charge on any atom is 0.322 e. The van der Waals surface area contributed by atoms with E-state index in [1.54, 1.807) is 0 Å². The highest BCUT2D eigenvalue weighted by Gasteiger charge is 2.40. The number of carboxylic acid groups (broad SMARTS) is 1. The van der Waals surface area contributed by atoms with Crippen molar-refractivity contribution in [2.24, 2.45) is 11.8 Å². The Kier molecular flexibility index (Phi) is 3.76. The maximum absolute atomic E-state index is 11.4. The lowest BCUT2D eigenvalue weighted by molar-refractivity contribution is -0.138. The second kappa shape index (κ2) is 4.51. The van der Waals surface area contributed by atoms with Gasteiger partial charge in [-0.05, 0) is 18.3 Å². The van der Waals surface area contributed by atoms with Gasteiger partial charge < -0.3 is 5.11 Å². The van der Waals surface area contributed by atoms with Gasteiger partial charge in [-0.1, -0.05) is 26.2 Å². The van der Waals surface area contributed by atoms with Gasteiger partial charge in [-0.2, -0.15) is 0 Å². The Labute approximate surface area is 90.6 Å². The molecule has 1 saturated carbocycles. The summed E-state index contributed by atoms with van der Waals surface area (Å²) in [5, 5.41) is 7.78. The van der Waals surface area contributed by atoms with E-state index in [1.807, 2.05) is 6.92 Å². The molecule has 0 saturated heterocycles. The van der Waals surface area contributed by atoms with Crippen LogP contribution in [-0.4, -0.2) is 31.0 Å². The minimum Gasteiger partial charge on any atom is -0.480 e. The molecule has 0 amide bonds. The number of aliphatic carboxylic acids is 1. The number of hydrogen-bond donors (Lipinski definition) is 1. The lowest BCUT2D eigenvalue weighted by Crippen LogP contribution is -2.41. The summed E-state index contributed by atoms with van der Waals surface area (Å²) in [6.07, 6.45) is 4.68. The summed E-state index contributed by atoms with van der Waals surface area (Å²) in [5.41, 5.74) is 0. The van der Waals surface area contributed by atoms with Gasteiger partial charge in [-0.15, -0.1) is 0 Å². The van der Waals surface area contributed by atoms with Gasteiger partial charge in [0.15, 0.2) is 15.1 Å². The van der Waals surface area contributed by atoms with Crippen LogP contribution in [0.4, 0.5) is 0 Å². The molecule has 1 fully saturated rings. The maximum atomic E-state index is 11.4. The quantitative estimate of drug-likeness (QED) is 0.799. The summed E-state index contributed by atoms with van der Waals surface area (Å²) < 4.78 is 22.9. The van der Waals surface area contributed by atoms with Crippen molar-refractivity contribution in [2.75, 3.05) is 6.26 Å². The first kappa shape index (κ1) is 12.5. The molecule has 15 heavy (non-hydrogen) atoms. The van der Waals surface area contributed by atoms with Crippen molar-refractivity contribution in [3.63, 3.8) is 0 Å².